The Balaban J connectivity index is 1.25. The molecule has 2 heterocycles. The minimum absolute atomic E-state index is 0.0128. The van der Waals surface area contributed by atoms with Gasteiger partial charge in [-0.05, 0) is 55.5 Å². The number of methoxy groups -OCH3 is 1. The van der Waals surface area contributed by atoms with Crippen LogP contribution in [0.3, 0.4) is 0 Å². The summed E-state index contributed by atoms with van der Waals surface area (Å²) >= 11 is 1.31. The van der Waals surface area contributed by atoms with Gasteiger partial charge in [0.25, 0.3) is 5.91 Å². The van der Waals surface area contributed by atoms with Crippen LogP contribution in [0.2, 0.25) is 0 Å². The van der Waals surface area contributed by atoms with E-state index in [-0.39, 0.29) is 41.9 Å². The predicted molar refractivity (Wildman–Crippen MR) is 161 cm³/mol. The number of aliphatic imine (C=N–C) groups is 2. The number of carbonyl (C=O) groups is 3. The molecule has 3 amide bonds. The molecule has 0 aromatic heterocycles. The van der Waals surface area contributed by atoms with Crippen LogP contribution in [-0.4, -0.2) is 58.1 Å². The molecule has 10 heteroatoms. The molecule has 2 aliphatic heterocycles. The molecule has 5 rings (SSSR count). The minimum Gasteiger partial charge on any atom is -0.497 e. The Kier molecular flexibility index (Phi) is 9.38. The molecule has 216 valence electrons. The molecular weight excluding hydrogens is 538 g/mol. The zero-order valence-corrected chi connectivity index (χ0v) is 24.4. The zero-order chi connectivity index (χ0) is 28.8. The Morgan fingerprint density at radius 2 is 1.85 bits per heavy atom. The topological polar surface area (TPSA) is 112 Å². The van der Waals surface area contributed by atoms with Gasteiger partial charge in [0.2, 0.25) is 11.8 Å². The number of rotatable bonds is 10. The number of amides is 3. The minimum atomic E-state index is -0.690. The summed E-state index contributed by atoms with van der Waals surface area (Å²) in [4.78, 5) is 50.6. The van der Waals surface area contributed by atoms with Gasteiger partial charge in [0, 0.05) is 24.6 Å². The van der Waals surface area contributed by atoms with Crippen LogP contribution in [0.25, 0.3) is 0 Å². The number of nitrogens with one attached hydrogen (secondary N) is 2. The molecule has 0 radical (unpaired) electrons. The number of amidine groups is 2. The molecule has 1 saturated carbocycles. The Morgan fingerprint density at radius 3 is 2.59 bits per heavy atom. The quantitative estimate of drug-likeness (QED) is 0.426. The predicted octanol–water partition coefficient (Wildman–Crippen LogP) is 4.71. The van der Waals surface area contributed by atoms with Gasteiger partial charge in [-0.1, -0.05) is 62.2 Å². The van der Waals surface area contributed by atoms with E-state index in [0.29, 0.717) is 24.0 Å². The van der Waals surface area contributed by atoms with Crippen molar-refractivity contribution in [1.82, 2.24) is 15.5 Å². The van der Waals surface area contributed by atoms with E-state index in [4.69, 9.17) is 14.7 Å². The van der Waals surface area contributed by atoms with Crippen molar-refractivity contribution in [2.24, 2.45) is 9.98 Å². The van der Waals surface area contributed by atoms with Crippen molar-refractivity contribution in [3.05, 3.63) is 59.7 Å². The van der Waals surface area contributed by atoms with Crippen LogP contribution >= 0.6 is 11.8 Å². The lowest BCUT2D eigenvalue weighted by Gasteiger charge is -2.29. The number of nitrogens with zero attached hydrogens (tertiary/aromatic N) is 3. The molecule has 3 aliphatic rings. The summed E-state index contributed by atoms with van der Waals surface area (Å²) in [5.74, 6) is 0.919. The standard InChI is InChI=1S/C31H37N5O4S/c1-3-26(29(38)33-21-9-5-4-6-10-21)41-31-35-24-12-8-7-11-23(24)28-34-25(30(39)36(28)31)17-18-27(37)32-19-20-13-15-22(40-2)16-14-20/h7-8,11-16,21,25-26H,3-6,9-10,17-19H2,1-2H3,(H,32,37)(H,33,38). The second kappa shape index (κ2) is 13.3. The summed E-state index contributed by atoms with van der Waals surface area (Å²) in [6.07, 6.45) is 6.58. The number of hydrogen-bond acceptors (Lipinski definition) is 7. The highest BCUT2D eigenvalue weighted by Crippen LogP contribution is 2.36. The van der Waals surface area contributed by atoms with Crippen LogP contribution in [0.4, 0.5) is 5.69 Å². The van der Waals surface area contributed by atoms with E-state index >= 15 is 0 Å². The van der Waals surface area contributed by atoms with Crippen molar-refractivity contribution in [2.45, 2.75) is 82.2 Å². The van der Waals surface area contributed by atoms with Crippen molar-refractivity contribution in [3.8, 4) is 5.75 Å². The van der Waals surface area contributed by atoms with Gasteiger partial charge in [-0.25, -0.2) is 9.89 Å². The molecule has 0 spiro atoms. The van der Waals surface area contributed by atoms with Gasteiger partial charge < -0.3 is 15.4 Å². The Bertz CT molecular complexity index is 1340. The fourth-order valence-corrected chi connectivity index (χ4v) is 6.39. The van der Waals surface area contributed by atoms with Gasteiger partial charge in [-0.2, -0.15) is 0 Å². The first-order valence-corrected chi connectivity index (χ1v) is 15.3. The third-order valence-corrected chi connectivity index (χ3v) is 9.02. The first-order valence-electron chi connectivity index (χ1n) is 14.4. The Hall–Kier alpha value is -3.66. The summed E-state index contributed by atoms with van der Waals surface area (Å²) in [5.41, 5.74) is 2.45. The molecule has 9 nitrogen and oxygen atoms in total. The number of ether oxygens (including phenoxy) is 1. The average molecular weight is 576 g/mol. The lowest BCUT2D eigenvalue weighted by atomic mass is 9.95. The van der Waals surface area contributed by atoms with Crippen molar-refractivity contribution in [2.75, 3.05) is 7.11 Å². The molecule has 2 aromatic rings. The van der Waals surface area contributed by atoms with E-state index in [1.165, 1.54) is 18.2 Å². The van der Waals surface area contributed by atoms with Crippen molar-refractivity contribution < 1.29 is 19.1 Å². The van der Waals surface area contributed by atoms with Crippen molar-refractivity contribution in [1.29, 1.82) is 0 Å². The number of thioether (sulfide) groups is 1. The first kappa shape index (κ1) is 28.9. The monoisotopic (exact) mass is 575 g/mol. The number of para-hydroxylation sites is 1. The summed E-state index contributed by atoms with van der Waals surface area (Å²) in [6.45, 7) is 2.37. The van der Waals surface area contributed by atoms with E-state index < -0.39 is 6.04 Å². The highest BCUT2D eigenvalue weighted by molar-refractivity contribution is 8.15. The van der Waals surface area contributed by atoms with Gasteiger partial charge in [0.1, 0.15) is 17.6 Å². The maximum Gasteiger partial charge on any atom is 0.259 e. The van der Waals surface area contributed by atoms with Crippen LogP contribution in [0.5, 0.6) is 5.75 Å². The second-order valence-corrected chi connectivity index (χ2v) is 11.7. The Labute approximate surface area is 245 Å². The van der Waals surface area contributed by atoms with Gasteiger partial charge in [0.05, 0.1) is 18.0 Å². The summed E-state index contributed by atoms with van der Waals surface area (Å²) in [7, 11) is 1.61. The van der Waals surface area contributed by atoms with E-state index in [9.17, 15) is 14.4 Å². The molecule has 0 saturated heterocycles. The van der Waals surface area contributed by atoms with Crippen LogP contribution in [0, 0.1) is 0 Å². The van der Waals surface area contributed by atoms with Crippen molar-refractivity contribution >= 4 is 46.2 Å². The maximum atomic E-state index is 13.6. The summed E-state index contributed by atoms with van der Waals surface area (Å²) in [5, 5.41) is 6.22. The lowest BCUT2D eigenvalue weighted by molar-refractivity contribution is -0.125. The van der Waals surface area contributed by atoms with Crippen LogP contribution in [-0.2, 0) is 20.9 Å². The third-order valence-electron chi connectivity index (χ3n) is 7.70. The van der Waals surface area contributed by atoms with Crippen LogP contribution in [0.1, 0.15) is 69.4 Å². The average Bonchev–Trinajstić information content (AvgIpc) is 3.34. The third kappa shape index (κ3) is 6.81. The summed E-state index contributed by atoms with van der Waals surface area (Å²) in [6, 6.07) is 14.6. The fraction of sp³-hybridized carbons (Fsp3) is 0.452. The summed E-state index contributed by atoms with van der Waals surface area (Å²) < 4.78 is 5.17. The first-order chi connectivity index (χ1) is 20.0. The number of carbonyl (C=O) groups excluding carboxylic acids is 3. The molecule has 2 unspecified atom stereocenters. The highest BCUT2D eigenvalue weighted by Gasteiger charge is 2.42. The van der Waals surface area contributed by atoms with Gasteiger partial charge >= 0.3 is 0 Å². The maximum absolute atomic E-state index is 13.6. The van der Waals surface area contributed by atoms with Crippen LogP contribution in [0.15, 0.2) is 58.5 Å². The number of benzene rings is 2. The molecule has 0 bridgehead atoms. The molecule has 2 N–H and O–H groups in total. The number of hydrogen-bond donors (Lipinski definition) is 2. The van der Waals surface area contributed by atoms with Gasteiger partial charge in [-0.3, -0.25) is 19.4 Å². The van der Waals surface area contributed by atoms with E-state index in [0.717, 1.165) is 48.2 Å². The molecule has 41 heavy (non-hydrogen) atoms. The molecule has 1 fully saturated rings. The smallest absolute Gasteiger partial charge is 0.259 e. The van der Waals surface area contributed by atoms with Gasteiger partial charge in [-0.15, -0.1) is 0 Å². The van der Waals surface area contributed by atoms with Gasteiger partial charge in [0.15, 0.2) is 5.17 Å². The van der Waals surface area contributed by atoms with Crippen molar-refractivity contribution in [3.63, 3.8) is 0 Å². The number of fused-ring (bicyclic) bond motifs is 3. The molecule has 2 atom stereocenters. The normalized spacial score (nSPS) is 19.0. The van der Waals surface area contributed by atoms with Crippen LogP contribution < -0.4 is 15.4 Å². The largest absolute Gasteiger partial charge is 0.497 e. The second-order valence-electron chi connectivity index (χ2n) is 10.6. The molecule has 1 aliphatic carbocycles. The van der Waals surface area contributed by atoms with E-state index in [1.54, 1.807) is 12.0 Å². The molecular formula is C31H37N5O4S. The highest BCUT2D eigenvalue weighted by atomic mass is 32.2. The van der Waals surface area contributed by atoms with E-state index in [1.807, 2.05) is 55.5 Å². The Morgan fingerprint density at radius 1 is 1.10 bits per heavy atom. The SMILES string of the molecule is CCC(SC1=Nc2ccccc2C2=NC(CCC(=O)NCc3ccc(OC)cc3)C(=O)N12)C(=O)NC1CCCCC1. The molecule has 2 aromatic carbocycles. The van der Waals surface area contributed by atoms with E-state index in [2.05, 4.69) is 10.6 Å². The zero-order valence-electron chi connectivity index (χ0n) is 23.6. The lowest BCUT2D eigenvalue weighted by Crippen LogP contribution is -2.45. The fourth-order valence-electron chi connectivity index (χ4n) is 5.36.